The lowest BCUT2D eigenvalue weighted by atomic mass is 9.96. The van der Waals surface area contributed by atoms with E-state index in [9.17, 15) is 9.59 Å². The van der Waals surface area contributed by atoms with Crippen molar-refractivity contribution in [3.63, 3.8) is 0 Å². The maximum absolute atomic E-state index is 13.5. The number of fused-ring (bicyclic) bond motifs is 1. The molecule has 2 aliphatic rings. The molecular weight excluding hydrogens is 440 g/mol. The van der Waals surface area contributed by atoms with E-state index in [-0.39, 0.29) is 30.3 Å². The normalized spacial score (nSPS) is 19.1. The number of carbonyl (C=O) groups is 2. The molecule has 2 heterocycles. The van der Waals surface area contributed by atoms with Crippen LogP contribution in [0.15, 0.2) is 71.8 Å². The topological polar surface area (TPSA) is 88.2 Å². The summed E-state index contributed by atoms with van der Waals surface area (Å²) in [5.74, 6) is 0.383. The van der Waals surface area contributed by atoms with E-state index >= 15 is 0 Å². The van der Waals surface area contributed by atoms with Crippen LogP contribution in [0, 0.1) is 5.92 Å². The quantitative estimate of drug-likeness (QED) is 0.595. The van der Waals surface area contributed by atoms with Gasteiger partial charge in [0.1, 0.15) is 5.75 Å². The summed E-state index contributed by atoms with van der Waals surface area (Å²) in [6, 6.07) is 22.2. The van der Waals surface area contributed by atoms with E-state index < -0.39 is 0 Å². The Balaban J connectivity index is 1.40. The van der Waals surface area contributed by atoms with E-state index in [1.54, 1.807) is 12.1 Å². The number of amides is 2. The number of hydrazone groups is 1. The van der Waals surface area contributed by atoms with Gasteiger partial charge in [-0.1, -0.05) is 48.5 Å². The first-order valence-corrected chi connectivity index (χ1v) is 12.1. The molecule has 0 aliphatic carbocycles. The van der Waals surface area contributed by atoms with Crippen molar-refractivity contribution in [2.75, 3.05) is 26.7 Å². The zero-order valence-corrected chi connectivity index (χ0v) is 19.9. The van der Waals surface area contributed by atoms with Crippen molar-refractivity contribution in [3.8, 4) is 5.75 Å². The fraction of sp³-hybridized carbons (Fsp3) is 0.321. The van der Waals surface area contributed by atoms with Gasteiger partial charge in [-0.2, -0.15) is 5.10 Å². The van der Waals surface area contributed by atoms with Crippen molar-refractivity contribution in [2.45, 2.75) is 25.3 Å². The van der Waals surface area contributed by atoms with Gasteiger partial charge in [-0.15, -0.1) is 0 Å². The second-order valence-electron chi connectivity index (χ2n) is 9.29. The number of hydrogen-bond donors (Lipinski definition) is 1. The van der Waals surface area contributed by atoms with E-state index in [1.165, 1.54) is 5.39 Å². The number of methoxy groups -OCH3 is 1. The summed E-state index contributed by atoms with van der Waals surface area (Å²) in [5, 5.41) is 8.81. The van der Waals surface area contributed by atoms with Gasteiger partial charge >= 0.3 is 0 Å². The van der Waals surface area contributed by atoms with E-state index in [0.29, 0.717) is 32.4 Å². The van der Waals surface area contributed by atoms with Crippen LogP contribution in [-0.2, 0) is 9.59 Å². The lowest BCUT2D eigenvalue weighted by Crippen LogP contribution is -2.43. The number of benzene rings is 3. The molecule has 35 heavy (non-hydrogen) atoms. The predicted molar refractivity (Wildman–Crippen MR) is 136 cm³/mol. The number of nitrogens with zero attached hydrogens (tertiary/aromatic N) is 3. The monoisotopic (exact) mass is 470 g/mol. The zero-order valence-electron chi connectivity index (χ0n) is 19.9. The molecule has 1 fully saturated rings. The van der Waals surface area contributed by atoms with Gasteiger partial charge in [0.25, 0.3) is 5.91 Å². The molecule has 7 nitrogen and oxygen atoms in total. The Morgan fingerprint density at radius 3 is 2.40 bits per heavy atom. The fourth-order valence-corrected chi connectivity index (χ4v) is 5.01. The molecule has 3 aromatic carbocycles. The summed E-state index contributed by atoms with van der Waals surface area (Å²) < 4.78 is 5.31. The number of rotatable bonds is 6. The molecule has 0 unspecified atom stereocenters. The van der Waals surface area contributed by atoms with Gasteiger partial charge < -0.3 is 10.5 Å². The molecule has 180 valence electrons. The Labute approximate surface area is 205 Å². The minimum Gasteiger partial charge on any atom is -0.497 e. The molecule has 1 saturated heterocycles. The Morgan fingerprint density at radius 1 is 1.00 bits per heavy atom. The third-order valence-electron chi connectivity index (χ3n) is 7.10. The molecule has 3 aromatic rings. The van der Waals surface area contributed by atoms with Crippen LogP contribution in [0.1, 0.15) is 36.4 Å². The van der Waals surface area contributed by atoms with Gasteiger partial charge in [0, 0.05) is 12.3 Å². The Hall–Kier alpha value is -3.71. The fourth-order valence-electron chi connectivity index (χ4n) is 5.01. The molecule has 2 aliphatic heterocycles. The van der Waals surface area contributed by atoms with Gasteiger partial charge in [0.15, 0.2) is 0 Å². The Morgan fingerprint density at radius 2 is 1.71 bits per heavy atom. The molecule has 0 aromatic heterocycles. The van der Waals surface area contributed by atoms with E-state index in [2.05, 4.69) is 35.2 Å². The molecular formula is C28H30N4O3. The van der Waals surface area contributed by atoms with Gasteiger partial charge in [-0.3, -0.25) is 14.5 Å². The van der Waals surface area contributed by atoms with Crippen LogP contribution in [0.3, 0.4) is 0 Å². The smallest absolute Gasteiger partial charge is 0.257 e. The summed E-state index contributed by atoms with van der Waals surface area (Å²) in [5.41, 5.74) is 8.41. The molecule has 2 amide bonds. The first-order valence-electron chi connectivity index (χ1n) is 12.1. The zero-order chi connectivity index (χ0) is 24.4. The summed E-state index contributed by atoms with van der Waals surface area (Å²) in [4.78, 5) is 27.1. The van der Waals surface area contributed by atoms with Crippen molar-refractivity contribution in [1.82, 2.24) is 9.91 Å². The van der Waals surface area contributed by atoms with Crippen LogP contribution in [-0.4, -0.2) is 54.2 Å². The second-order valence-corrected chi connectivity index (χ2v) is 9.29. The minimum atomic E-state index is -0.250. The van der Waals surface area contributed by atoms with Crippen molar-refractivity contribution >= 4 is 28.3 Å². The molecule has 0 saturated carbocycles. The van der Waals surface area contributed by atoms with Crippen molar-refractivity contribution in [2.24, 2.45) is 16.8 Å². The number of nitrogens with two attached hydrogens (primary N) is 1. The molecule has 5 rings (SSSR count). The highest BCUT2D eigenvalue weighted by Crippen LogP contribution is 2.34. The number of hydrogen-bond acceptors (Lipinski definition) is 5. The van der Waals surface area contributed by atoms with Gasteiger partial charge in [-0.05, 0) is 66.0 Å². The summed E-state index contributed by atoms with van der Waals surface area (Å²) in [6.45, 7) is 1.63. The SMILES string of the molecule is COc1ccc([C@H]2CC(c3ccc4ccccc4c3)=NN2C(=O)CN2CCC(C(N)=O)CC2)cc1. The van der Waals surface area contributed by atoms with Crippen molar-refractivity contribution < 1.29 is 14.3 Å². The summed E-state index contributed by atoms with van der Waals surface area (Å²) in [7, 11) is 1.64. The standard InChI is InChI=1S/C28H30N4O3/c1-35-24-10-8-20(9-11-24)26-17-25(23-7-6-19-4-2-3-5-22(19)16-23)30-32(26)27(33)18-31-14-12-21(13-15-31)28(29)34/h2-11,16,21,26H,12-15,17-18H2,1H3,(H2,29,34)/t26-/m1/s1. The second kappa shape index (κ2) is 9.88. The maximum Gasteiger partial charge on any atom is 0.257 e. The number of primary amides is 1. The van der Waals surface area contributed by atoms with Crippen LogP contribution < -0.4 is 10.5 Å². The third kappa shape index (κ3) is 4.91. The van der Waals surface area contributed by atoms with Gasteiger partial charge in [-0.25, -0.2) is 5.01 Å². The van der Waals surface area contributed by atoms with Crippen LogP contribution in [0.4, 0.5) is 0 Å². The highest BCUT2D eigenvalue weighted by molar-refractivity contribution is 6.05. The summed E-state index contributed by atoms with van der Waals surface area (Å²) >= 11 is 0. The average molecular weight is 471 g/mol. The van der Waals surface area contributed by atoms with Gasteiger partial charge in [0.2, 0.25) is 5.91 Å². The molecule has 0 radical (unpaired) electrons. The van der Waals surface area contributed by atoms with Crippen LogP contribution in [0.2, 0.25) is 0 Å². The van der Waals surface area contributed by atoms with Crippen molar-refractivity contribution in [3.05, 3.63) is 77.9 Å². The highest BCUT2D eigenvalue weighted by Gasteiger charge is 2.34. The average Bonchev–Trinajstić information content (AvgIpc) is 3.34. The first-order chi connectivity index (χ1) is 17.0. The molecule has 0 bridgehead atoms. The lowest BCUT2D eigenvalue weighted by molar-refractivity contribution is -0.134. The third-order valence-corrected chi connectivity index (χ3v) is 7.10. The van der Waals surface area contributed by atoms with E-state index in [0.717, 1.165) is 28.0 Å². The number of piperidine rings is 1. The highest BCUT2D eigenvalue weighted by atomic mass is 16.5. The van der Waals surface area contributed by atoms with E-state index in [1.807, 2.05) is 36.4 Å². The Kier molecular flexibility index (Phi) is 6.51. The number of carbonyl (C=O) groups excluding carboxylic acids is 2. The Bertz CT molecular complexity index is 1260. The largest absolute Gasteiger partial charge is 0.497 e. The van der Waals surface area contributed by atoms with Crippen LogP contribution >= 0.6 is 0 Å². The molecule has 2 N–H and O–H groups in total. The van der Waals surface area contributed by atoms with Crippen LogP contribution in [0.25, 0.3) is 10.8 Å². The van der Waals surface area contributed by atoms with E-state index in [4.69, 9.17) is 15.6 Å². The van der Waals surface area contributed by atoms with Crippen LogP contribution in [0.5, 0.6) is 5.75 Å². The lowest BCUT2D eigenvalue weighted by Gasteiger charge is -2.31. The minimum absolute atomic E-state index is 0.0425. The number of ether oxygens (including phenoxy) is 1. The maximum atomic E-state index is 13.5. The molecule has 0 spiro atoms. The molecule has 7 heteroatoms. The first kappa shape index (κ1) is 23.1. The van der Waals surface area contributed by atoms with Gasteiger partial charge in [0.05, 0.1) is 25.4 Å². The van der Waals surface area contributed by atoms with Crippen molar-refractivity contribution in [1.29, 1.82) is 0 Å². The molecule has 1 atom stereocenters. The number of likely N-dealkylation sites (tertiary alicyclic amines) is 1. The predicted octanol–water partition coefficient (Wildman–Crippen LogP) is 3.72. The summed E-state index contributed by atoms with van der Waals surface area (Å²) in [6.07, 6.45) is 2.02.